The molecule has 0 saturated heterocycles. The fraction of sp³-hybridized carbons (Fsp3) is 0.833. The maximum Gasteiger partial charge on any atom is 0.112 e. The van der Waals surface area contributed by atoms with E-state index >= 15 is 0 Å². The summed E-state index contributed by atoms with van der Waals surface area (Å²) in [7, 11) is 3.64. The number of nitrogens with zero attached hydrogens (tertiary/aromatic N) is 1. The molecule has 0 aromatic carbocycles. The Kier molecular flexibility index (Phi) is 3.18. The van der Waals surface area contributed by atoms with Crippen LogP contribution in [0.15, 0.2) is 4.99 Å². The summed E-state index contributed by atoms with van der Waals surface area (Å²) in [5, 5.41) is 2.99. The number of aliphatic imine (C=N–C) groups is 1. The van der Waals surface area contributed by atoms with E-state index in [-0.39, 0.29) is 4.32 Å². The predicted molar refractivity (Wildman–Crippen MR) is 45.4 cm³/mol. The molecule has 0 aliphatic rings. The van der Waals surface area contributed by atoms with Crippen molar-refractivity contribution >= 4 is 21.8 Å². The Morgan fingerprint density at radius 1 is 1.56 bits per heavy atom. The Bertz CT molecular complexity index is 113. The molecule has 0 atom stereocenters. The number of rotatable bonds is 1. The summed E-state index contributed by atoms with van der Waals surface area (Å²) >= 11 is 3.47. The standard InChI is InChI=1S/C6H13BrN2/c1-6(2,7)5(8-3)9-4/h1-4H3,(H,8,9). The summed E-state index contributed by atoms with van der Waals surface area (Å²) in [4.78, 5) is 4.04. The molecule has 0 amide bonds. The topological polar surface area (TPSA) is 24.4 Å². The van der Waals surface area contributed by atoms with Crippen molar-refractivity contribution in [1.29, 1.82) is 0 Å². The molecule has 9 heavy (non-hydrogen) atoms. The molecule has 0 aromatic rings. The minimum absolute atomic E-state index is 0.0312. The van der Waals surface area contributed by atoms with Crippen LogP contribution in [0.3, 0.4) is 0 Å². The van der Waals surface area contributed by atoms with Gasteiger partial charge in [0.15, 0.2) is 0 Å². The van der Waals surface area contributed by atoms with Crippen LogP contribution >= 0.6 is 15.9 Å². The highest BCUT2D eigenvalue weighted by Crippen LogP contribution is 2.15. The first-order valence-electron chi connectivity index (χ1n) is 2.86. The molecule has 0 bridgehead atoms. The highest BCUT2D eigenvalue weighted by atomic mass is 79.9. The lowest BCUT2D eigenvalue weighted by atomic mass is 10.2. The van der Waals surface area contributed by atoms with E-state index in [1.165, 1.54) is 0 Å². The summed E-state index contributed by atoms with van der Waals surface area (Å²) in [5.41, 5.74) is 0. The van der Waals surface area contributed by atoms with Gasteiger partial charge in [0.25, 0.3) is 0 Å². The van der Waals surface area contributed by atoms with Crippen molar-refractivity contribution in [3.8, 4) is 0 Å². The monoisotopic (exact) mass is 192 g/mol. The Labute approximate surface area is 64.9 Å². The minimum Gasteiger partial charge on any atom is -0.376 e. The van der Waals surface area contributed by atoms with E-state index in [1.807, 2.05) is 20.9 Å². The van der Waals surface area contributed by atoms with E-state index in [9.17, 15) is 0 Å². The second-order valence-electron chi connectivity index (χ2n) is 2.29. The molecule has 0 radical (unpaired) electrons. The van der Waals surface area contributed by atoms with Gasteiger partial charge < -0.3 is 5.32 Å². The van der Waals surface area contributed by atoms with Gasteiger partial charge in [0.1, 0.15) is 5.84 Å². The van der Waals surface area contributed by atoms with Crippen LogP contribution in [-0.2, 0) is 0 Å². The van der Waals surface area contributed by atoms with Gasteiger partial charge in [-0.3, -0.25) is 4.99 Å². The van der Waals surface area contributed by atoms with Gasteiger partial charge in [0.05, 0.1) is 4.32 Å². The van der Waals surface area contributed by atoms with Crippen molar-refractivity contribution in [3.05, 3.63) is 0 Å². The molecular weight excluding hydrogens is 180 g/mol. The van der Waals surface area contributed by atoms with Crippen LogP contribution in [0.1, 0.15) is 13.8 Å². The van der Waals surface area contributed by atoms with Crippen molar-refractivity contribution < 1.29 is 0 Å². The Balaban J connectivity index is 4.14. The lowest BCUT2D eigenvalue weighted by Crippen LogP contribution is -2.35. The van der Waals surface area contributed by atoms with Crippen LogP contribution in [0.4, 0.5) is 0 Å². The first kappa shape index (κ1) is 8.95. The molecule has 0 unspecified atom stereocenters. The molecule has 3 heteroatoms. The molecule has 0 aromatic heterocycles. The smallest absolute Gasteiger partial charge is 0.112 e. The van der Waals surface area contributed by atoms with Crippen molar-refractivity contribution in [2.75, 3.05) is 14.1 Å². The average molecular weight is 193 g/mol. The highest BCUT2D eigenvalue weighted by molar-refractivity contribution is 9.10. The molecule has 54 valence electrons. The summed E-state index contributed by atoms with van der Waals surface area (Å²) in [6.45, 7) is 4.09. The second-order valence-corrected chi connectivity index (χ2v) is 4.28. The zero-order valence-corrected chi connectivity index (χ0v) is 7.91. The molecule has 0 heterocycles. The van der Waals surface area contributed by atoms with Crippen LogP contribution in [0.5, 0.6) is 0 Å². The Hall–Kier alpha value is -0.0500. The van der Waals surface area contributed by atoms with Gasteiger partial charge in [-0.15, -0.1) is 0 Å². The third-order valence-corrected chi connectivity index (χ3v) is 1.40. The zero-order valence-electron chi connectivity index (χ0n) is 6.33. The maximum atomic E-state index is 4.04. The summed E-state index contributed by atoms with van der Waals surface area (Å²) < 4.78 is -0.0312. The van der Waals surface area contributed by atoms with Crippen molar-refractivity contribution in [2.24, 2.45) is 4.99 Å². The lowest BCUT2D eigenvalue weighted by molar-refractivity contribution is 0.905. The van der Waals surface area contributed by atoms with Gasteiger partial charge in [-0.2, -0.15) is 0 Å². The summed E-state index contributed by atoms with van der Waals surface area (Å²) in [6, 6.07) is 0. The quantitative estimate of drug-likeness (QED) is 0.380. The highest BCUT2D eigenvalue weighted by Gasteiger charge is 2.18. The summed E-state index contributed by atoms with van der Waals surface area (Å²) in [5.74, 6) is 0.961. The number of hydrogen-bond acceptors (Lipinski definition) is 1. The Morgan fingerprint density at radius 2 is 2.00 bits per heavy atom. The normalized spacial score (nSPS) is 13.7. The molecule has 0 spiro atoms. The number of alkyl halides is 1. The van der Waals surface area contributed by atoms with Crippen LogP contribution in [0.25, 0.3) is 0 Å². The van der Waals surface area contributed by atoms with E-state index < -0.39 is 0 Å². The fourth-order valence-electron chi connectivity index (χ4n) is 0.675. The van der Waals surface area contributed by atoms with Crippen LogP contribution < -0.4 is 5.32 Å². The zero-order chi connectivity index (χ0) is 7.49. The number of hydrogen-bond donors (Lipinski definition) is 1. The first-order chi connectivity index (χ1) is 4.02. The Morgan fingerprint density at radius 3 is 2.00 bits per heavy atom. The average Bonchev–Trinajstić information content (AvgIpc) is 1.65. The van der Waals surface area contributed by atoms with E-state index in [0.717, 1.165) is 5.84 Å². The van der Waals surface area contributed by atoms with Gasteiger partial charge in [-0.1, -0.05) is 15.9 Å². The van der Waals surface area contributed by atoms with Crippen LogP contribution in [0.2, 0.25) is 0 Å². The van der Waals surface area contributed by atoms with Gasteiger partial charge >= 0.3 is 0 Å². The molecule has 0 aliphatic carbocycles. The third kappa shape index (κ3) is 2.84. The van der Waals surface area contributed by atoms with Gasteiger partial charge in [-0.25, -0.2) is 0 Å². The predicted octanol–water partition coefficient (Wildman–Crippen LogP) is 1.41. The van der Waals surface area contributed by atoms with E-state index in [4.69, 9.17) is 0 Å². The van der Waals surface area contributed by atoms with Gasteiger partial charge in [0.2, 0.25) is 0 Å². The van der Waals surface area contributed by atoms with Gasteiger partial charge in [0, 0.05) is 14.1 Å². The molecule has 0 fully saturated rings. The molecule has 0 rings (SSSR count). The van der Waals surface area contributed by atoms with Gasteiger partial charge in [-0.05, 0) is 13.8 Å². The van der Waals surface area contributed by atoms with Crippen molar-refractivity contribution in [2.45, 2.75) is 18.2 Å². The van der Waals surface area contributed by atoms with E-state index in [1.54, 1.807) is 7.05 Å². The van der Waals surface area contributed by atoms with E-state index in [2.05, 4.69) is 26.2 Å². The molecular formula is C6H13BrN2. The third-order valence-electron chi connectivity index (χ3n) is 1.02. The lowest BCUT2D eigenvalue weighted by Gasteiger charge is -2.17. The first-order valence-corrected chi connectivity index (χ1v) is 3.65. The largest absolute Gasteiger partial charge is 0.376 e. The van der Waals surface area contributed by atoms with Crippen LogP contribution in [-0.4, -0.2) is 24.3 Å². The molecule has 1 N–H and O–H groups in total. The van der Waals surface area contributed by atoms with Crippen molar-refractivity contribution in [1.82, 2.24) is 5.32 Å². The number of amidine groups is 1. The second kappa shape index (κ2) is 3.20. The van der Waals surface area contributed by atoms with E-state index in [0.29, 0.717) is 0 Å². The minimum atomic E-state index is -0.0312. The fourth-order valence-corrected chi connectivity index (χ4v) is 1.05. The molecule has 2 nitrogen and oxygen atoms in total. The van der Waals surface area contributed by atoms with Crippen molar-refractivity contribution in [3.63, 3.8) is 0 Å². The molecule has 0 saturated carbocycles. The molecule has 0 aliphatic heterocycles. The van der Waals surface area contributed by atoms with Crippen LogP contribution in [0, 0.1) is 0 Å². The SMILES string of the molecule is CN=C(NC)C(C)(C)Br. The number of nitrogens with one attached hydrogen (secondary N) is 1. The summed E-state index contributed by atoms with van der Waals surface area (Å²) in [6.07, 6.45) is 0. The number of halogens is 1. The maximum absolute atomic E-state index is 4.04.